The zero-order valence-corrected chi connectivity index (χ0v) is 14.7. The van der Waals surface area contributed by atoms with E-state index in [0.29, 0.717) is 22.0 Å². The van der Waals surface area contributed by atoms with Gasteiger partial charge in [0.1, 0.15) is 11.4 Å². The Morgan fingerprint density at radius 1 is 1.29 bits per heavy atom. The quantitative estimate of drug-likeness (QED) is 0.819. The normalized spacial score (nSPS) is 10.5. The van der Waals surface area contributed by atoms with Gasteiger partial charge in [-0.15, -0.1) is 0 Å². The van der Waals surface area contributed by atoms with Crippen molar-refractivity contribution in [3.05, 3.63) is 38.5 Å². The first-order valence-electron chi connectivity index (χ1n) is 7.31. The molecule has 9 heteroatoms. The summed E-state index contributed by atoms with van der Waals surface area (Å²) in [5.74, 6) is -0.891. The molecule has 0 unspecified atom stereocenters. The predicted molar refractivity (Wildman–Crippen MR) is 89.4 cm³/mol. The zero-order valence-electron chi connectivity index (χ0n) is 13.9. The summed E-state index contributed by atoms with van der Waals surface area (Å²) in [5, 5.41) is 2.87. The number of anilines is 1. The Kier molecular flexibility index (Phi) is 5.45. The first-order chi connectivity index (χ1) is 11.3. The van der Waals surface area contributed by atoms with Gasteiger partial charge in [-0.1, -0.05) is 11.3 Å². The van der Waals surface area contributed by atoms with Gasteiger partial charge in [-0.25, -0.2) is 14.6 Å². The molecule has 2 heterocycles. The molecule has 0 aromatic carbocycles. The number of esters is 1. The average molecular weight is 350 g/mol. The van der Waals surface area contributed by atoms with Gasteiger partial charge in [0.25, 0.3) is 0 Å². The van der Waals surface area contributed by atoms with Crippen LogP contribution in [0.15, 0.2) is 10.9 Å². The minimum absolute atomic E-state index is 0.175. The van der Waals surface area contributed by atoms with Crippen LogP contribution in [0.3, 0.4) is 0 Å². The molecule has 2 aromatic rings. The summed E-state index contributed by atoms with van der Waals surface area (Å²) in [6.45, 7) is 6.92. The first-order valence-corrected chi connectivity index (χ1v) is 8.13. The lowest BCUT2D eigenvalue weighted by atomic mass is 10.3. The molecule has 2 aromatic heterocycles. The number of nitrogens with one attached hydrogen (secondary N) is 1. The van der Waals surface area contributed by atoms with Gasteiger partial charge < -0.3 is 10.1 Å². The third-order valence-corrected chi connectivity index (χ3v) is 4.20. The van der Waals surface area contributed by atoms with E-state index in [9.17, 15) is 14.4 Å². The van der Waals surface area contributed by atoms with E-state index in [-0.39, 0.29) is 18.3 Å². The fourth-order valence-electron chi connectivity index (χ4n) is 2.11. The van der Waals surface area contributed by atoms with Gasteiger partial charge in [0.15, 0.2) is 5.13 Å². The Balaban J connectivity index is 2.12. The topological polar surface area (TPSA) is 103 Å². The minimum Gasteiger partial charge on any atom is -0.462 e. The first kappa shape index (κ1) is 17.8. The molecule has 1 amide bonds. The average Bonchev–Trinajstić information content (AvgIpc) is 2.83. The molecule has 0 saturated carbocycles. The van der Waals surface area contributed by atoms with Crippen LogP contribution in [0.1, 0.15) is 33.7 Å². The summed E-state index contributed by atoms with van der Waals surface area (Å²) in [7, 11) is 0. The van der Waals surface area contributed by atoms with Gasteiger partial charge in [0, 0.05) is 11.4 Å². The molecule has 0 spiro atoms. The predicted octanol–water partition coefficient (Wildman–Crippen LogP) is 1.44. The van der Waals surface area contributed by atoms with E-state index in [1.165, 1.54) is 4.57 Å². The monoisotopic (exact) mass is 350 g/mol. The largest absolute Gasteiger partial charge is 0.462 e. The van der Waals surface area contributed by atoms with E-state index in [1.807, 2.05) is 0 Å². The maximum absolute atomic E-state index is 12.1. The standard InChI is InChI=1S/C15H18N4O4S/c1-5-23-13(21)12-10(4)17-14(24-12)18-11(20)7-19-9(3)6-8(2)16-15(19)22/h6H,5,7H2,1-4H3,(H,17,18,20). The second-order valence-corrected chi connectivity index (χ2v) is 6.11. The molecule has 0 fully saturated rings. The van der Waals surface area contributed by atoms with Crippen LogP contribution in [0, 0.1) is 20.8 Å². The zero-order chi connectivity index (χ0) is 17.9. The van der Waals surface area contributed by atoms with Crippen molar-refractivity contribution in [1.82, 2.24) is 14.5 Å². The Morgan fingerprint density at radius 3 is 2.62 bits per heavy atom. The molecule has 2 rings (SSSR count). The fourth-order valence-corrected chi connectivity index (χ4v) is 2.98. The highest BCUT2D eigenvalue weighted by atomic mass is 32.1. The van der Waals surface area contributed by atoms with Crippen LogP contribution in [0.2, 0.25) is 0 Å². The number of carbonyl (C=O) groups is 2. The van der Waals surface area contributed by atoms with Crippen molar-refractivity contribution in [1.29, 1.82) is 0 Å². The van der Waals surface area contributed by atoms with Crippen molar-refractivity contribution in [3.8, 4) is 0 Å². The summed E-state index contributed by atoms with van der Waals surface area (Å²) >= 11 is 1.04. The van der Waals surface area contributed by atoms with Crippen LogP contribution in [0.4, 0.5) is 5.13 Å². The molecule has 1 N–H and O–H groups in total. The SMILES string of the molecule is CCOC(=O)c1sc(NC(=O)Cn2c(C)cc(C)nc2=O)nc1C. The highest BCUT2D eigenvalue weighted by Crippen LogP contribution is 2.23. The van der Waals surface area contributed by atoms with Crippen molar-refractivity contribution >= 4 is 28.3 Å². The van der Waals surface area contributed by atoms with Gasteiger partial charge in [-0.05, 0) is 33.8 Å². The number of aromatic nitrogens is 3. The molecule has 8 nitrogen and oxygen atoms in total. The van der Waals surface area contributed by atoms with Gasteiger partial charge in [0.2, 0.25) is 5.91 Å². The summed E-state index contributed by atoms with van der Waals surface area (Å²) in [4.78, 5) is 44.1. The number of hydrogen-bond acceptors (Lipinski definition) is 7. The lowest BCUT2D eigenvalue weighted by Gasteiger charge is -2.08. The molecule has 0 aliphatic heterocycles. The number of rotatable bonds is 5. The molecular formula is C15H18N4O4S. The lowest BCUT2D eigenvalue weighted by molar-refractivity contribution is -0.116. The van der Waals surface area contributed by atoms with Crippen LogP contribution in [-0.2, 0) is 16.1 Å². The van der Waals surface area contributed by atoms with Gasteiger partial charge >= 0.3 is 11.7 Å². The maximum atomic E-state index is 12.1. The smallest absolute Gasteiger partial charge is 0.350 e. The van der Waals surface area contributed by atoms with Gasteiger partial charge in [-0.3, -0.25) is 9.36 Å². The summed E-state index contributed by atoms with van der Waals surface area (Å²) in [6.07, 6.45) is 0. The molecule has 0 bridgehead atoms. The van der Waals surface area contributed by atoms with Crippen LogP contribution in [-0.4, -0.2) is 33.0 Å². The van der Waals surface area contributed by atoms with E-state index in [1.54, 1.807) is 33.8 Å². The van der Waals surface area contributed by atoms with Crippen molar-refractivity contribution in [2.24, 2.45) is 0 Å². The third kappa shape index (κ3) is 4.05. The molecule has 0 saturated heterocycles. The summed E-state index contributed by atoms with van der Waals surface area (Å²) in [5.41, 5.74) is 1.25. The van der Waals surface area contributed by atoms with Crippen LogP contribution in [0.25, 0.3) is 0 Å². The number of thiazole rings is 1. The lowest BCUT2D eigenvalue weighted by Crippen LogP contribution is -2.31. The van der Waals surface area contributed by atoms with E-state index in [4.69, 9.17) is 4.74 Å². The van der Waals surface area contributed by atoms with Crippen LogP contribution >= 0.6 is 11.3 Å². The van der Waals surface area contributed by atoms with Crippen LogP contribution < -0.4 is 11.0 Å². The molecule has 0 radical (unpaired) electrons. The van der Waals surface area contributed by atoms with Crippen molar-refractivity contribution in [2.45, 2.75) is 34.2 Å². The number of carbonyl (C=O) groups excluding carboxylic acids is 2. The van der Waals surface area contributed by atoms with Crippen LogP contribution in [0.5, 0.6) is 0 Å². The number of aryl methyl sites for hydroxylation is 3. The minimum atomic E-state index is -0.481. The summed E-state index contributed by atoms with van der Waals surface area (Å²) in [6, 6.07) is 1.72. The third-order valence-electron chi connectivity index (χ3n) is 3.15. The van der Waals surface area contributed by atoms with E-state index in [2.05, 4.69) is 15.3 Å². The number of ether oxygens (including phenoxy) is 1. The van der Waals surface area contributed by atoms with E-state index in [0.717, 1.165) is 11.3 Å². The Morgan fingerprint density at radius 2 is 2.00 bits per heavy atom. The summed E-state index contributed by atoms with van der Waals surface area (Å²) < 4.78 is 6.20. The Labute approximate surface area is 142 Å². The molecule has 24 heavy (non-hydrogen) atoms. The highest BCUT2D eigenvalue weighted by Gasteiger charge is 2.18. The second-order valence-electron chi connectivity index (χ2n) is 5.11. The number of nitrogens with zero attached hydrogens (tertiary/aromatic N) is 3. The van der Waals surface area contributed by atoms with E-state index < -0.39 is 17.6 Å². The molecule has 0 aliphatic rings. The fraction of sp³-hybridized carbons (Fsp3) is 0.400. The van der Waals surface area contributed by atoms with Crippen molar-refractivity contribution in [2.75, 3.05) is 11.9 Å². The van der Waals surface area contributed by atoms with Gasteiger partial charge in [-0.2, -0.15) is 4.98 Å². The molecule has 128 valence electrons. The Bertz CT molecular complexity index is 840. The highest BCUT2D eigenvalue weighted by molar-refractivity contribution is 7.17. The Hall–Kier alpha value is -2.55. The van der Waals surface area contributed by atoms with Gasteiger partial charge in [0.05, 0.1) is 12.3 Å². The molecule has 0 aliphatic carbocycles. The number of amides is 1. The maximum Gasteiger partial charge on any atom is 0.350 e. The molecular weight excluding hydrogens is 332 g/mol. The van der Waals surface area contributed by atoms with Crippen molar-refractivity contribution < 1.29 is 14.3 Å². The molecule has 0 atom stereocenters. The second kappa shape index (κ2) is 7.35. The van der Waals surface area contributed by atoms with E-state index >= 15 is 0 Å². The van der Waals surface area contributed by atoms with Crippen molar-refractivity contribution in [3.63, 3.8) is 0 Å². The number of hydrogen-bond donors (Lipinski definition) is 1.